The topological polar surface area (TPSA) is 122 Å². The summed E-state index contributed by atoms with van der Waals surface area (Å²) < 4.78 is 10.8. The van der Waals surface area contributed by atoms with Crippen LogP contribution in [0.2, 0.25) is 0 Å². The number of carbonyl (C=O) groups excluding carboxylic acids is 1. The maximum Gasteiger partial charge on any atom is 0.327 e. The van der Waals surface area contributed by atoms with Gasteiger partial charge in [0, 0.05) is 43.4 Å². The number of likely N-dealkylation sites (N-methyl/N-ethyl adjacent to an activating group) is 1. The lowest BCUT2D eigenvalue weighted by molar-refractivity contribution is 0.0983. The average Bonchev–Trinajstić information content (AvgIpc) is 3.27. The zero-order valence-electron chi connectivity index (χ0n) is 20.2. The Labute approximate surface area is 203 Å². The number of morpholine rings is 1. The van der Waals surface area contributed by atoms with E-state index in [0.29, 0.717) is 30.6 Å². The van der Waals surface area contributed by atoms with E-state index < -0.39 is 6.03 Å². The van der Waals surface area contributed by atoms with Gasteiger partial charge in [-0.15, -0.1) is 5.10 Å². The molecular formula is C24H30N8O3. The third-order valence-corrected chi connectivity index (χ3v) is 6.36. The van der Waals surface area contributed by atoms with Crippen molar-refractivity contribution in [3.8, 4) is 11.4 Å². The molecule has 11 nitrogen and oxygen atoms in total. The van der Waals surface area contributed by atoms with Gasteiger partial charge >= 0.3 is 12.0 Å². The highest BCUT2D eigenvalue weighted by Gasteiger charge is 2.28. The highest BCUT2D eigenvalue weighted by atomic mass is 16.5. The number of fused-ring (bicyclic) bond motifs is 1. The third-order valence-electron chi connectivity index (χ3n) is 6.36. The Kier molecular flexibility index (Phi) is 6.60. The molecule has 0 bridgehead atoms. The van der Waals surface area contributed by atoms with E-state index in [2.05, 4.69) is 44.5 Å². The second-order valence-corrected chi connectivity index (χ2v) is 8.81. The lowest BCUT2D eigenvalue weighted by atomic mass is 10.0. The Hall–Kier alpha value is -3.57. The summed E-state index contributed by atoms with van der Waals surface area (Å²) in [6.45, 7) is 11.1. The van der Waals surface area contributed by atoms with Crippen LogP contribution in [0.3, 0.4) is 0 Å². The summed E-state index contributed by atoms with van der Waals surface area (Å²) in [5.41, 5.74) is 3.85. The minimum Gasteiger partial charge on any atom is -0.408 e. The van der Waals surface area contributed by atoms with Crippen molar-refractivity contribution in [1.29, 1.82) is 0 Å². The highest BCUT2D eigenvalue weighted by molar-refractivity contribution is 5.98. The normalized spacial score (nSPS) is 18.3. The molecule has 0 aliphatic carbocycles. The molecule has 1 fully saturated rings. The first-order valence-electron chi connectivity index (χ1n) is 11.9. The molecule has 3 aromatic rings. The van der Waals surface area contributed by atoms with Crippen LogP contribution >= 0.6 is 0 Å². The van der Waals surface area contributed by atoms with E-state index >= 15 is 0 Å². The molecule has 0 unspecified atom stereocenters. The smallest absolute Gasteiger partial charge is 0.327 e. The second-order valence-electron chi connectivity index (χ2n) is 8.81. The molecule has 2 aliphatic heterocycles. The zero-order chi connectivity index (χ0) is 24.4. The average molecular weight is 479 g/mol. The number of aromatic nitrogens is 4. The van der Waals surface area contributed by atoms with E-state index in [0.717, 1.165) is 49.7 Å². The predicted molar refractivity (Wildman–Crippen MR) is 131 cm³/mol. The van der Waals surface area contributed by atoms with Crippen LogP contribution in [0, 0.1) is 6.92 Å². The van der Waals surface area contributed by atoms with Crippen molar-refractivity contribution in [2.24, 2.45) is 0 Å². The molecule has 11 heteroatoms. The van der Waals surface area contributed by atoms with Crippen molar-refractivity contribution in [2.75, 3.05) is 48.4 Å². The largest absolute Gasteiger partial charge is 0.408 e. The minimum absolute atomic E-state index is 0.0464. The molecule has 35 heavy (non-hydrogen) atoms. The number of benzene rings is 1. The lowest BCUT2D eigenvalue weighted by Gasteiger charge is -2.37. The van der Waals surface area contributed by atoms with Crippen LogP contribution in [0.1, 0.15) is 31.0 Å². The van der Waals surface area contributed by atoms with Crippen molar-refractivity contribution < 1.29 is 13.9 Å². The van der Waals surface area contributed by atoms with E-state index in [1.54, 1.807) is 6.92 Å². The van der Waals surface area contributed by atoms with Crippen LogP contribution in [0.25, 0.3) is 11.4 Å². The Bertz CT molecular complexity index is 1200. The maximum atomic E-state index is 12.2. The maximum absolute atomic E-state index is 12.2. The van der Waals surface area contributed by atoms with Gasteiger partial charge < -0.3 is 19.4 Å². The van der Waals surface area contributed by atoms with E-state index in [1.165, 1.54) is 5.56 Å². The molecular weight excluding hydrogens is 448 g/mol. The van der Waals surface area contributed by atoms with Gasteiger partial charge in [0.05, 0.1) is 24.9 Å². The molecule has 0 spiro atoms. The monoisotopic (exact) mass is 478 g/mol. The van der Waals surface area contributed by atoms with Crippen LogP contribution in [-0.4, -0.2) is 70.0 Å². The summed E-state index contributed by atoms with van der Waals surface area (Å²) in [5.74, 6) is 2.09. The number of nitrogens with one attached hydrogen (secondary N) is 2. The van der Waals surface area contributed by atoms with E-state index in [4.69, 9.17) is 19.1 Å². The molecule has 2 aromatic heterocycles. The van der Waals surface area contributed by atoms with Gasteiger partial charge in [0.15, 0.2) is 5.82 Å². The van der Waals surface area contributed by atoms with Gasteiger partial charge in [-0.05, 0) is 44.2 Å². The van der Waals surface area contributed by atoms with Gasteiger partial charge in [-0.1, -0.05) is 12.0 Å². The first kappa shape index (κ1) is 23.2. The summed E-state index contributed by atoms with van der Waals surface area (Å²) in [7, 11) is 0. The first-order valence-corrected chi connectivity index (χ1v) is 11.9. The van der Waals surface area contributed by atoms with Gasteiger partial charge in [0.1, 0.15) is 5.82 Å². The number of urea groups is 1. The van der Waals surface area contributed by atoms with Crippen LogP contribution < -0.4 is 15.5 Å². The van der Waals surface area contributed by atoms with E-state index in [-0.39, 0.29) is 12.1 Å². The number of hydrogen-bond donors (Lipinski definition) is 2. The Morgan fingerprint density at radius 3 is 2.69 bits per heavy atom. The van der Waals surface area contributed by atoms with Gasteiger partial charge in [0.25, 0.3) is 0 Å². The Morgan fingerprint density at radius 1 is 1.14 bits per heavy atom. The molecule has 1 saturated heterocycles. The van der Waals surface area contributed by atoms with Gasteiger partial charge in [-0.25, -0.2) is 14.8 Å². The Balaban J connectivity index is 1.39. The van der Waals surface area contributed by atoms with Gasteiger partial charge in [-0.2, -0.15) is 0 Å². The van der Waals surface area contributed by atoms with Crippen LogP contribution in [-0.2, 0) is 17.7 Å². The van der Waals surface area contributed by atoms with Gasteiger partial charge in [0.2, 0.25) is 5.89 Å². The molecule has 2 N–H and O–H groups in total. The molecule has 4 heterocycles. The van der Waals surface area contributed by atoms with E-state index in [9.17, 15) is 4.79 Å². The summed E-state index contributed by atoms with van der Waals surface area (Å²) in [6.07, 6.45) is 0.945. The Morgan fingerprint density at radius 2 is 1.97 bits per heavy atom. The van der Waals surface area contributed by atoms with Crippen molar-refractivity contribution in [3.05, 3.63) is 41.4 Å². The third kappa shape index (κ3) is 5.10. The molecule has 5 rings (SSSR count). The molecule has 2 amide bonds. The quantitative estimate of drug-likeness (QED) is 0.570. The second kappa shape index (κ2) is 9.96. The number of anilines is 3. The lowest BCUT2D eigenvalue weighted by Crippen LogP contribution is -2.45. The van der Waals surface area contributed by atoms with Crippen molar-refractivity contribution in [3.63, 3.8) is 0 Å². The van der Waals surface area contributed by atoms with Crippen molar-refractivity contribution in [2.45, 2.75) is 39.8 Å². The van der Waals surface area contributed by atoms with E-state index in [1.807, 2.05) is 24.3 Å². The number of ether oxygens (including phenoxy) is 1. The predicted octanol–water partition coefficient (Wildman–Crippen LogP) is 3.08. The number of aryl methyl sites for hydroxylation is 1. The SMILES string of the molecule is CCN1CCc2c(nc(-c3ccc(NC(=O)Nc4nnc(C)o4)cc3)nc2N2CCOC[C@@H]2C)C1. The van der Waals surface area contributed by atoms with Crippen LogP contribution in [0.4, 0.5) is 22.3 Å². The molecule has 2 aliphatic rings. The number of rotatable bonds is 5. The first-order chi connectivity index (χ1) is 17.0. The standard InChI is InChI=1S/C24H30N8O3/c1-4-31-10-9-19-20(13-31)26-21(27-22(19)32-11-12-34-14-15(32)2)17-5-7-18(8-6-17)25-23(33)28-24-30-29-16(3)35-24/h5-8,15H,4,9-14H2,1-3H3,(H2,25,28,30,33)/t15-/m0/s1. The van der Waals surface area contributed by atoms with Crippen molar-refractivity contribution in [1.82, 2.24) is 25.1 Å². The number of hydrogen-bond acceptors (Lipinski definition) is 9. The molecule has 0 saturated carbocycles. The summed E-state index contributed by atoms with van der Waals surface area (Å²) in [5, 5.41) is 12.7. The fraction of sp³-hybridized carbons (Fsp3) is 0.458. The fourth-order valence-corrected chi connectivity index (χ4v) is 4.45. The highest BCUT2D eigenvalue weighted by Crippen LogP contribution is 2.31. The van der Waals surface area contributed by atoms with Crippen molar-refractivity contribution >= 4 is 23.6 Å². The fourth-order valence-electron chi connectivity index (χ4n) is 4.45. The molecule has 184 valence electrons. The van der Waals surface area contributed by atoms with Gasteiger partial charge in [-0.3, -0.25) is 10.2 Å². The number of amides is 2. The zero-order valence-corrected chi connectivity index (χ0v) is 20.2. The number of carbonyl (C=O) groups is 1. The van der Waals surface area contributed by atoms with Crippen LogP contribution in [0.5, 0.6) is 0 Å². The summed E-state index contributed by atoms with van der Waals surface area (Å²) >= 11 is 0. The molecule has 1 aromatic carbocycles. The minimum atomic E-state index is -0.463. The molecule has 1 atom stereocenters. The van der Waals surface area contributed by atoms with Crippen LogP contribution in [0.15, 0.2) is 28.7 Å². The summed E-state index contributed by atoms with van der Waals surface area (Å²) in [4.78, 5) is 27.0. The molecule has 0 radical (unpaired) electrons. The summed E-state index contributed by atoms with van der Waals surface area (Å²) in [6, 6.07) is 7.33. The number of nitrogens with zero attached hydrogens (tertiary/aromatic N) is 6.